The van der Waals surface area contributed by atoms with Crippen LogP contribution in [0, 0.1) is 5.82 Å². The molecular formula is C14H12F4N2S. The largest absolute Gasteiger partial charge is 0.417 e. The number of aromatic nitrogens is 1. The van der Waals surface area contributed by atoms with Gasteiger partial charge in [-0.1, -0.05) is 11.8 Å². The summed E-state index contributed by atoms with van der Waals surface area (Å²) in [6, 6.07) is 6.66. The molecule has 0 spiro atoms. The van der Waals surface area contributed by atoms with Gasteiger partial charge in [0.25, 0.3) is 0 Å². The number of nitrogens with zero attached hydrogens (tertiary/aromatic N) is 1. The Morgan fingerprint density at radius 3 is 2.48 bits per heavy atom. The third kappa shape index (κ3) is 4.44. The summed E-state index contributed by atoms with van der Waals surface area (Å²) in [6.07, 6.45) is -3.11. The standard InChI is InChI=1S/C14H12F4N2S/c15-11-5-9(3-4-19)6-12(7-11)21-13-2-1-10(8-20-13)14(16,17)18/h1-2,5-8H,3-4,19H2. The number of hydrogen-bond donors (Lipinski definition) is 1. The van der Waals surface area contributed by atoms with Crippen molar-refractivity contribution in [3.8, 4) is 0 Å². The molecule has 7 heteroatoms. The summed E-state index contributed by atoms with van der Waals surface area (Å²) in [7, 11) is 0. The second-order valence-corrected chi connectivity index (χ2v) is 5.41. The molecule has 0 unspecified atom stereocenters. The molecule has 0 amide bonds. The summed E-state index contributed by atoms with van der Waals surface area (Å²) in [5.41, 5.74) is 5.35. The second kappa shape index (κ2) is 6.44. The van der Waals surface area contributed by atoms with Gasteiger partial charge in [-0.3, -0.25) is 0 Å². The monoisotopic (exact) mass is 316 g/mol. The average Bonchev–Trinajstić information content (AvgIpc) is 2.38. The lowest BCUT2D eigenvalue weighted by atomic mass is 10.1. The Morgan fingerprint density at radius 1 is 1.14 bits per heavy atom. The predicted octanol–water partition coefficient (Wildman–Crippen LogP) is 3.89. The van der Waals surface area contributed by atoms with Gasteiger partial charge in [0.05, 0.1) is 5.56 Å². The van der Waals surface area contributed by atoms with E-state index in [1.165, 1.54) is 18.2 Å². The van der Waals surface area contributed by atoms with Crippen LogP contribution < -0.4 is 5.73 Å². The van der Waals surface area contributed by atoms with E-state index in [0.29, 0.717) is 22.9 Å². The maximum absolute atomic E-state index is 13.5. The van der Waals surface area contributed by atoms with Crippen LogP contribution in [0.3, 0.4) is 0 Å². The van der Waals surface area contributed by atoms with Gasteiger partial charge in [0.2, 0.25) is 0 Å². The van der Waals surface area contributed by atoms with Crippen molar-refractivity contribution < 1.29 is 17.6 Å². The Hall–Kier alpha value is -1.60. The molecule has 21 heavy (non-hydrogen) atoms. The molecule has 0 aliphatic heterocycles. The molecule has 0 saturated heterocycles. The van der Waals surface area contributed by atoms with Crippen LogP contribution in [0.1, 0.15) is 11.1 Å². The highest BCUT2D eigenvalue weighted by atomic mass is 32.2. The van der Waals surface area contributed by atoms with Crippen LogP contribution in [0.15, 0.2) is 46.5 Å². The van der Waals surface area contributed by atoms with Crippen molar-refractivity contribution in [1.29, 1.82) is 0 Å². The Kier molecular flexibility index (Phi) is 4.84. The fourth-order valence-electron chi connectivity index (χ4n) is 1.72. The first kappa shape index (κ1) is 15.8. The van der Waals surface area contributed by atoms with Gasteiger partial charge in [-0.2, -0.15) is 13.2 Å². The van der Waals surface area contributed by atoms with E-state index in [1.807, 2.05) is 0 Å². The lowest BCUT2D eigenvalue weighted by Gasteiger charge is -2.07. The van der Waals surface area contributed by atoms with Crippen LogP contribution in [0.4, 0.5) is 17.6 Å². The lowest BCUT2D eigenvalue weighted by Crippen LogP contribution is -2.05. The molecule has 0 aliphatic carbocycles. The summed E-state index contributed by atoms with van der Waals surface area (Å²) in [5, 5.41) is 0.368. The molecule has 2 aromatic rings. The van der Waals surface area contributed by atoms with E-state index < -0.39 is 17.6 Å². The van der Waals surface area contributed by atoms with Gasteiger partial charge >= 0.3 is 6.18 Å². The van der Waals surface area contributed by atoms with E-state index in [4.69, 9.17) is 5.73 Å². The summed E-state index contributed by atoms with van der Waals surface area (Å²) in [4.78, 5) is 4.32. The zero-order valence-electron chi connectivity index (χ0n) is 10.8. The van der Waals surface area contributed by atoms with E-state index in [1.54, 1.807) is 6.07 Å². The molecule has 2 N–H and O–H groups in total. The minimum Gasteiger partial charge on any atom is -0.330 e. The molecule has 112 valence electrons. The molecule has 1 aromatic carbocycles. The maximum atomic E-state index is 13.5. The predicted molar refractivity (Wildman–Crippen MR) is 72.5 cm³/mol. The number of halogens is 4. The molecule has 0 atom stereocenters. The van der Waals surface area contributed by atoms with Crippen LogP contribution >= 0.6 is 11.8 Å². The fourth-order valence-corrected chi connectivity index (χ4v) is 2.58. The van der Waals surface area contributed by atoms with Gasteiger partial charge in [0.1, 0.15) is 10.8 Å². The third-order valence-electron chi connectivity index (χ3n) is 2.65. The quantitative estimate of drug-likeness (QED) is 0.870. The number of alkyl halides is 3. The van der Waals surface area contributed by atoms with E-state index in [2.05, 4.69) is 4.98 Å². The lowest BCUT2D eigenvalue weighted by molar-refractivity contribution is -0.137. The van der Waals surface area contributed by atoms with Crippen molar-refractivity contribution in [2.75, 3.05) is 6.54 Å². The van der Waals surface area contributed by atoms with E-state index in [0.717, 1.165) is 29.6 Å². The first-order chi connectivity index (χ1) is 9.88. The molecule has 1 aromatic heterocycles. The van der Waals surface area contributed by atoms with Gasteiger partial charge in [-0.05, 0) is 48.9 Å². The Labute approximate surface area is 123 Å². The topological polar surface area (TPSA) is 38.9 Å². The van der Waals surface area contributed by atoms with Crippen molar-refractivity contribution in [3.63, 3.8) is 0 Å². The van der Waals surface area contributed by atoms with Gasteiger partial charge in [0, 0.05) is 11.1 Å². The van der Waals surface area contributed by atoms with Crippen LogP contribution in [-0.2, 0) is 12.6 Å². The molecule has 1 heterocycles. The average molecular weight is 316 g/mol. The number of rotatable bonds is 4. The third-order valence-corrected chi connectivity index (χ3v) is 3.57. The smallest absolute Gasteiger partial charge is 0.330 e. The summed E-state index contributed by atoms with van der Waals surface area (Å²) in [6.45, 7) is 0.395. The SMILES string of the molecule is NCCc1cc(F)cc(Sc2ccc(C(F)(F)F)cn2)c1. The van der Waals surface area contributed by atoms with E-state index in [9.17, 15) is 17.6 Å². The van der Waals surface area contributed by atoms with Crippen molar-refractivity contribution in [1.82, 2.24) is 4.98 Å². The molecule has 2 rings (SSSR count). The molecule has 0 fully saturated rings. The van der Waals surface area contributed by atoms with Gasteiger partial charge in [0.15, 0.2) is 0 Å². The summed E-state index contributed by atoms with van der Waals surface area (Å²) < 4.78 is 50.7. The molecule has 0 bridgehead atoms. The van der Waals surface area contributed by atoms with Crippen LogP contribution in [0.2, 0.25) is 0 Å². The minimum atomic E-state index is -4.41. The van der Waals surface area contributed by atoms with Crippen molar-refractivity contribution in [3.05, 3.63) is 53.5 Å². The normalized spacial score (nSPS) is 11.7. The van der Waals surface area contributed by atoms with Gasteiger partial charge in [-0.25, -0.2) is 9.37 Å². The second-order valence-electron chi connectivity index (χ2n) is 4.32. The van der Waals surface area contributed by atoms with Crippen molar-refractivity contribution in [2.24, 2.45) is 5.73 Å². The summed E-state index contributed by atoms with van der Waals surface area (Å²) in [5.74, 6) is -0.407. The van der Waals surface area contributed by atoms with Crippen LogP contribution in [-0.4, -0.2) is 11.5 Å². The number of pyridine rings is 1. The number of nitrogens with two attached hydrogens (primary N) is 1. The minimum absolute atomic E-state index is 0.368. The zero-order chi connectivity index (χ0) is 15.5. The molecule has 0 aliphatic rings. The Bertz CT molecular complexity index is 611. The maximum Gasteiger partial charge on any atom is 0.417 e. The number of hydrogen-bond acceptors (Lipinski definition) is 3. The van der Waals surface area contributed by atoms with Crippen LogP contribution in [0.5, 0.6) is 0 Å². The highest BCUT2D eigenvalue weighted by Gasteiger charge is 2.30. The van der Waals surface area contributed by atoms with E-state index in [-0.39, 0.29) is 0 Å². The first-order valence-corrected chi connectivity index (χ1v) is 6.91. The van der Waals surface area contributed by atoms with Gasteiger partial charge in [-0.15, -0.1) is 0 Å². The van der Waals surface area contributed by atoms with Crippen LogP contribution in [0.25, 0.3) is 0 Å². The summed E-state index contributed by atoms with van der Waals surface area (Å²) >= 11 is 1.10. The molecule has 2 nitrogen and oxygen atoms in total. The Morgan fingerprint density at radius 2 is 1.90 bits per heavy atom. The Balaban J connectivity index is 2.18. The number of benzene rings is 1. The first-order valence-electron chi connectivity index (χ1n) is 6.09. The van der Waals surface area contributed by atoms with Crippen molar-refractivity contribution >= 4 is 11.8 Å². The fraction of sp³-hybridized carbons (Fsp3) is 0.214. The highest BCUT2D eigenvalue weighted by Crippen LogP contribution is 2.32. The van der Waals surface area contributed by atoms with E-state index >= 15 is 0 Å². The van der Waals surface area contributed by atoms with Gasteiger partial charge < -0.3 is 5.73 Å². The highest BCUT2D eigenvalue weighted by molar-refractivity contribution is 7.99. The molecule has 0 radical (unpaired) electrons. The molecule has 0 saturated carbocycles. The molecular weight excluding hydrogens is 304 g/mol. The van der Waals surface area contributed by atoms with Crippen molar-refractivity contribution in [2.45, 2.75) is 22.5 Å². The zero-order valence-corrected chi connectivity index (χ0v) is 11.6.